The molecule has 3 heteroatoms. The minimum absolute atomic E-state index is 0.228. The zero-order valence-electron chi connectivity index (χ0n) is 10.2. The van der Waals surface area contributed by atoms with Crippen LogP contribution in [0.15, 0.2) is 0 Å². The van der Waals surface area contributed by atoms with Crippen molar-refractivity contribution < 1.29 is 4.79 Å². The van der Waals surface area contributed by atoms with Crippen molar-refractivity contribution >= 4 is 5.91 Å². The summed E-state index contributed by atoms with van der Waals surface area (Å²) in [7, 11) is 0. The molecule has 0 aliphatic heterocycles. The van der Waals surface area contributed by atoms with E-state index in [1.807, 2.05) is 13.8 Å². The van der Waals surface area contributed by atoms with Gasteiger partial charge in [0.1, 0.15) is 0 Å². The molecule has 1 atom stereocenters. The SMILES string of the molecule is CC(NCC(C)(C)C(N)=O)C1CCCC1. The van der Waals surface area contributed by atoms with Gasteiger partial charge < -0.3 is 11.1 Å². The number of nitrogens with two attached hydrogens (primary N) is 1. The van der Waals surface area contributed by atoms with E-state index in [9.17, 15) is 4.79 Å². The Balaban J connectivity index is 2.32. The van der Waals surface area contributed by atoms with E-state index in [2.05, 4.69) is 12.2 Å². The van der Waals surface area contributed by atoms with Crippen molar-refractivity contribution in [2.45, 2.75) is 52.5 Å². The van der Waals surface area contributed by atoms with Gasteiger partial charge in [0, 0.05) is 12.6 Å². The molecule has 0 aromatic heterocycles. The number of amides is 1. The van der Waals surface area contributed by atoms with Crippen LogP contribution in [0.4, 0.5) is 0 Å². The van der Waals surface area contributed by atoms with E-state index in [0.717, 1.165) is 5.92 Å². The number of nitrogens with one attached hydrogen (secondary N) is 1. The zero-order valence-corrected chi connectivity index (χ0v) is 10.2. The molecule has 88 valence electrons. The average Bonchev–Trinajstić information content (AvgIpc) is 2.66. The monoisotopic (exact) mass is 212 g/mol. The van der Waals surface area contributed by atoms with Crippen molar-refractivity contribution in [1.29, 1.82) is 0 Å². The van der Waals surface area contributed by atoms with E-state index in [4.69, 9.17) is 5.73 Å². The minimum atomic E-state index is -0.438. The summed E-state index contributed by atoms with van der Waals surface area (Å²) in [6.07, 6.45) is 5.36. The van der Waals surface area contributed by atoms with Crippen LogP contribution >= 0.6 is 0 Å². The first-order valence-electron chi connectivity index (χ1n) is 5.97. The predicted molar refractivity (Wildman–Crippen MR) is 62.4 cm³/mol. The topological polar surface area (TPSA) is 55.1 Å². The molecular formula is C12H24N2O. The Kier molecular flexibility index (Phi) is 4.14. The Hall–Kier alpha value is -0.570. The van der Waals surface area contributed by atoms with Crippen molar-refractivity contribution in [2.24, 2.45) is 17.1 Å². The van der Waals surface area contributed by atoms with E-state index in [1.165, 1.54) is 25.7 Å². The first-order chi connectivity index (χ1) is 6.93. The van der Waals surface area contributed by atoms with Crippen LogP contribution in [-0.2, 0) is 4.79 Å². The van der Waals surface area contributed by atoms with Gasteiger partial charge in [0.2, 0.25) is 5.91 Å². The first kappa shape index (κ1) is 12.5. The molecule has 0 aromatic carbocycles. The zero-order chi connectivity index (χ0) is 11.5. The van der Waals surface area contributed by atoms with Gasteiger partial charge in [-0.05, 0) is 39.5 Å². The number of hydrogen-bond donors (Lipinski definition) is 2. The second-order valence-electron chi connectivity index (χ2n) is 5.46. The second kappa shape index (κ2) is 4.97. The van der Waals surface area contributed by atoms with Crippen LogP contribution in [0.5, 0.6) is 0 Å². The highest BCUT2D eigenvalue weighted by Crippen LogP contribution is 2.27. The molecule has 0 spiro atoms. The Bertz CT molecular complexity index is 220. The number of primary amides is 1. The molecule has 1 rings (SSSR count). The summed E-state index contributed by atoms with van der Waals surface area (Å²) < 4.78 is 0. The molecule has 15 heavy (non-hydrogen) atoms. The van der Waals surface area contributed by atoms with Gasteiger partial charge in [0.25, 0.3) is 0 Å². The lowest BCUT2D eigenvalue weighted by Gasteiger charge is -2.26. The fourth-order valence-electron chi connectivity index (χ4n) is 2.13. The quantitative estimate of drug-likeness (QED) is 0.728. The van der Waals surface area contributed by atoms with Gasteiger partial charge in [-0.2, -0.15) is 0 Å². The molecule has 0 aromatic rings. The molecule has 1 aliphatic rings. The van der Waals surface area contributed by atoms with E-state index < -0.39 is 5.41 Å². The lowest BCUT2D eigenvalue weighted by molar-refractivity contribution is -0.125. The van der Waals surface area contributed by atoms with Crippen LogP contribution in [0.25, 0.3) is 0 Å². The third-order valence-electron chi connectivity index (χ3n) is 3.64. The second-order valence-corrected chi connectivity index (χ2v) is 5.46. The van der Waals surface area contributed by atoms with E-state index in [1.54, 1.807) is 0 Å². The molecule has 1 saturated carbocycles. The van der Waals surface area contributed by atoms with E-state index in [0.29, 0.717) is 12.6 Å². The number of hydrogen-bond acceptors (Lipinski definition) is 2. The Morgan fingerprint density at radius 2 is 2.00 bits per heavy atom. The average molecular weight is 212 g/mol. The van der Waals surface area contributed by atoms with Crippen LogP contribution < -0.4 is 11.1 Å². The fourth-order valence-corrected chi connectivity index (χ4v) is 2.13. The van der Waals surface area contributed by atoms with Crippen LogP contribution in [-0.4, -0.2) is 18.5 Å². The maximum atomic E-state index is 11.1. The highest BCUT2D eigenvalue weighted by atomic mass is 16.1. The summed E-state index contributed by atoms with van der Waals surface area (Å²) in [6, 6.07) is 0.506. The molecule has 0 saturated heterocycles. The summed E-state index contributed by atoms with van der Waals surface area (Å²) in [4.78, 5) is 11.1. The smallest absolute Gasteiger partial charge is 0.224 e. The van der Waals surface area contributed by atoms with Crippen LogP contribution in [0.1, 0.15) is 46.5 Å². The van der Waals surface area contributed by atoms with Crippen molar-refractivity contribution in [1.82, 2.24) is 5.32 Å². The number of carbonyl (C=O) groups excluding carboxylic acids is 1. The van der Waals surface area contributed by atoms with Crippen molar-refractivity contribution in [3.05, 3.63) is 0 Å². The molecule has 0 radical (unpaired) electrons. The van der Waals surface area contributed by atoms with E-state index >= 15 is 0 Å². The van der Waals surface area contributed by atoms with Gasteiger partial charge in [-0.15, -0.1) is 0 Å². The normalized spacial score (nSPS) is 20.5. The van der Waals surface area contributed by atoms with Crippen molar-refractivity contribution in [3.63, 3.8) is 0 Å². The van der Waals surface area contributed by atoms with Gasteiger partial charge in [-0.1, -0.05) is 12.8 Å². The fraction of sp³-hybridized carbons (Fsp3) is 0.917. The maximum absolute atomic E-state index is 11.1. The standard InChI is InChI=1S/C12H24N2O/c1-9(10-6-4-5-7-10)14-8-12(2,3)11(13)15/h9-10,14H,4-8H2,1-3H3,(H2,13,15). The lowest BCUT2D eigenvalue weighted by atomic mass is 9.91. The number of rotatable bonds is 5. The largest absolute Gasteiger partial charge is 0.369 e. The number of carbonyl (C=O) groups is 1. The van der Waals surface area contributed by atoms with Crippen molar-refractivity contribution in [2.75, 3.05) is 6.54 Å². The molecule has 1 fully saturated rings. The first-order valence-corrected chi connectivity index (χ1v) is 5.97. The van der Waals surface area contributed by atoms with Gasteiger partial charge in [-0.25, -0.2) is 0 Å². The highest BCUT2D eigenvalue weighted by Gasteiger charge is 2.27. The molecule has 1 unspecified atom stereocenters. The Labute approximate surface area is 92.8 Å². The Morgan fingerprint density at radius 3 is 2.47 bits per heavy atom. The molecule has 1 amide bonds. The molecule has 1 aliphatic carbocycles. The minimum Gasteiger partial charge on any atom is -0.369 e. The van der Waals surface area contributed by atoms with Gasteiger partial charge in [0.15, 0.2) is 0 Å². The molecule has 0 heterocycles. The molecule has 3 nitrogen and oxygen atoms in total. The molecular weight excluding hydrogens is 188 g/mol. The predicted octanol–water partition coefficient (Wildman–Crippen LogP) is 1.67. The summed E-state index contributed by atoms with van der Waals surface area (Å²) in [5.74, 6) is 0.558. The van der Waals surface area contributed by atoms with Crippen LogP contribution in [0, 0.1) is 11.3 Å². The summed E-state index contributed by atoms with van der Waals surface area (Å²) in [5, 5.41) is 3.45. The summed E-state index contributed by atoms with van der Waals surface area (Å²) in [6.45, 7) is 6.68. The Morgan fingerprint density at radius 1 is 1.47 bits per heavy atom. The van der Waals surface area contributed by atoms with Crippen molar-refractivity contribution in [3.8, 4) is 0 Å². The third-order valence-corrected chi connectivity index (χ3v) is 3.64. The van der Waals surface area contributed by atoms with Gasteiger partial charge in [0.05, 0.1) is 5.41 Å². The van der Waals surface area contributed by atoms with Gasteiger partial charge in [-0.3, -0.25) is 4.79 Å². The maximum Gasteiger partial charge on any atom is 0.224 e. The van der Waals surface area contributed by atoms with Gasteiger partial charge >= 0.3 is 0 Å². The molecule has 0 bridgehead atoms. The molecule has 3 N–H and O–H groups in total. The van der Waals surface area contributed by atoms with Crippen LogP contribution in [0.3, 0.4) is 0 Å². The third kappa shape index (κ3) is 3.49. The van der Waals surface area contributed by atoms with E-state index in [-0.39, 0.29) is 5.91 Å². The van der Waals surface area contributed by atoms with Crippen LogP contribution in [0.2, 0.25) is 0 Å². The lowest BCUT2D eigenvalue weighted by Crippen LogP contribution is -2.44. The summed E-state index contributed by atoms with van der Waals surface area (Å²) >= 11 is 0. The summed E-state index contributed by atoms with van der Waals surface area (Å²) in [5.41, 5.74) is 4.89. The highest BCUT2D eigenvalue weighted by molar-refractivity contribution is 5.80.